The van der Waals surface area contributed by atoms with Crippen molar-refractivity contribution in [1.82, 2.24) is 0 Å². The summed E-state index contributed by atoms with van der Waals surface area (Å²) in [7, 11) is 0. The average Bonchev–Trinajstić information content (AvgIpc) is 3.07. The van der Waals surface area contributed by atoms with Gasteiger partial charge in [0.25, 0.3) is 0 Å². The molecular formula is C20H15ClO6. The summed E-state index contributed by atoms with van der Waals surface area (Å²) in [6.45, 7) is 2.40. The Labute approximate surface area is 159 Å². The summed E-state index contributed by atoms with van der Waals surface area (Å²) < 4.78 is 5.41. The molecule has 1 N–H and O–H groups in total. The zero-order chi connectivity index (χ0) is 19.9. The van der Waals surface area contributed by atoms with Crippen LogP contribution in [0.4, 0.5) is 0 Å². The number of rotatable bonds is 5. The van der Waals surface area contributed by atoms with E-state index in [1.807, 2.05) is 0 Å². The van der Waals surface area contributed by atoms with Crippen molar-refractivity contribution in [2.75, 3.05) is 0 Å². The van der Waals surface area contributed by atoms with Crippen molar-refractivity contribution in [3.8, 4) is 0 Å². The monoisotopic (exact) mass is 386 g/mol. The van der Waals surface area contributed by atoms with Crippen molar-refractivity contribution in [2.24, 2.45) is 5.92 Å². The largest absolute Gasteiger partial charge is 0.463 e. The highest BCUT2D eigenvalue weighted by Gasteiger charge is 2.43. The van der Waals surface area contributed by atoms with Crippen LogP contribution in [-0.4, -0.2) is 34.3 Å². The Morgan fingerprint density at radius 3 is 2.26 bits per heavy atom. The summed E-state index contributed by atoms with van der Waals surface area (Å²) in [4.78, 5) is 49.4. The third kappa shape index (κ3) is 3.07. The molecule has 0 bridgehead atoms. The van der Waals surface area contributed by atoms with Crippen molar-refractivity contribution in [3.05, 3.63) is 64.1 Å². The molecule has 1 aromatic heterocycles. The van der Waals surface area contributed by atoms with Gasteiger partial charge in [-0.2, -0.15) is 0 Å². The lowest BCUT2D eigenvalue weighted by molar-refractivity contribution is -0.127. The second-order valence-corrected chi connectivity index (χ2v) is 6.64. The highest BCUT2D eigenvalue weighted by molar-refractivity contribution is 6.39. The van der Waals surface area contributed by atoms with E-state index in [2.05, 4.69) is 0 Å². The third-order valence-electron chi connectivity index (χ3n) is 4.41. The lowest BCUT2D eigenvalue weighted by Crippen LogP contribution is -2.32. The van der Waals surface area contributed by atoms with Crippen LogP contribution in [0.5, 0.6) is 0 Å². The molecule has 0 spiro atoms. The summed E-state index contributed by atoms with van der Waals surface area (Å²) in [5.74, 6) is -3.78. The van der Waals surface area contributed by atoms with E-state index in [4.69, 9.17) is 16.0 Å². The van der Waals surface area contributed by atoms with E-state index in [-0.39, 0.29) is 27.5 Å². The fourth-order valence-corrected chi connectivity index (χ4v) is 3.48. The summed E-state index contributed by atoms with van der Waals surface area (Å²) in [5.41, 5.74) is 0.00202. The van der Waals surface area contributed by atoms with Crippen LogP contribution in [0.3, 0.4) is 0 Å². The van der Waals surface area contributed by atoms with Crippen LogP contribution in [-0.2, 0) is 9.59 Å². The molecule has 7 heteroatoms. The van der Waals surface area contributed by atoms with E-state index < -0.39 is 35.2 Å². The van der Waals surface area contributed by atoms with Gasteiger partial charge >= 0.3 is 0 Å². The van der Waals surface area contributed by atoms with Gasteiger partial charge in [-0.05, 0) is 13.8 Å². The molecule has 0 aliphatic heterocycles. The first kappa shape index (κ1) is 18.9. The van der Waals surface area contributed by atoms with Gasteiger partial charge in [-0.25, -0.2) is 0 Å². The van der Waals surface area contributed by atoms with Crippen LogP contribution in [0.25, 0.3) is 5.57 Å². The Balaban J connectivity index is 2.22. The summed E-state index contributed by atoms with van der Waals surface area (Å²) >= 11 is 6.10. The molecule has 1 aromatic carbocycles. The maximum Gasteiger partial charge on any atom is 0.201 e. The first-order chi connectivity index (χ1) is 12.8. The molecule has 0 saturated heterocycles. The molecule has 27 heavy (non-hydrogen) atoms. The number of allylic oxidation sites excluding steroid dienone is 1. The summed E-state index contributed by atoms with van der Waals surface area (Å²) in [6.07, 6.45) is -0.701. The zero-order valence-electron chi connectivity index (χ0n) is 14.5. The molecule has 0 fully saturated rings. The smallest absolute Gasteiger partial charge is 0.201 e. The lowest BCUT2D eigenvalue weighted by Gasteiger charge is -2.23. The van der Waals surface area contributed by atoms with E-state index in [1.54, 1.807) is 30.3 Å². The average molecular weight is 387 g/mol. The highest BCUT2D eigenvalue weighted by Crippen LogP contribution is 2.41. The summed E-state index contributed by atoms with van der Waals surface area (Å²) in [5, 5.41) is 9.91. The van der Waals surface area contributed by atoms with E-state index in [1.165, 1.54) is 13.8 Å². The van der Waals surface area contributed by atoms with Gasteiger partial charge in [0.2, 0.25) is 5.78 Å². The zero-order valence-corrected chi connectivity index (χ0v) is 15.2. The van der Waals surface area contributed by atoms with Gasteiger partial charge in [-0.15, -0.1) is 0 Å². The maximum absolute atomic E-state index is 12.8. The number of benzene rings is 1. The lowest BCUT2D eigenvalue weighted by atomic mass is 9.81. The van der Waals surface area contributed by atoms with Crippen LogP contribution in [0.2, 0.25) is 0 Å². The van der Waals surface area contributed by atoms with Crippen molar-refractivity contribution in [3.63, 3.8) is 0 Å². The minimum atomic E-state index is -1.78. The van der Waals surface area contributed by atoms with Gasteiger partial charge in [-0.1, -0.05) is 41.9 Å². The number of halogens is 1. The number of hydrogen-bond acceptors (Lipinski definition) is 6. The van der Waals surface area contributed by atoms with Crippen LogP contribution in [0, 0.1) is 5.92 Å². The highest BCUT2D eigenvalue weighted by atomic mass is 35.5. The number of hydrogen-bond donors (Lipinski definition) is 1. The Morgan fingerprint density at radius 2 is 1.70 bits per heavy atom. The van der Waals surface area contributed by atoms with Crippen molar-refractivity contribution in [2.45, 2.75) is 20.0 Å². The number of Topliss-reactive ketones (excluding diaryl/α,β-unsaturated/α-hetero) is 3. The number of ketones is 4. The van der Waals surface area contributed by atoms with Gasteiger partial charge in [0, 0.05) is 11.1 Å². The molecule has 6 nitrogen and oxygen atoms in total. The van der Waals surface area contributed by atoms with E-state index in [0.717, 1.165) is 6.26 Å². The number of furan rings is 1. The Bertz CT molecular complexity index is 985. The molecule has 2 aromatic rings. The summed E-state index contributed by atoms with van der Waals surface area (Å²) in [6, 6.07) is 8.22. The minimum absolute atomic E-state index is 0.0622. The molecule has 1 aliphatic rings. The number of carbonyl (C=O) groups is 4. The molecule has 0 amide bonds. The van der Waals surface area contributed by atoms with Gasteiger partial charge in [0.15, 0.2) is 11.9 Å². The van der Waals surface area contributed by atoms with Crippen molar-refractivity contribution >= 4 is 40.3 Å². The first-order valence-corrected chi connectivity index (χ1v) is 8.47. The van der Waals surface area contributed by atoms with E-state index >= 15 is 0 Å². The number of aliphatic hydroxyl groups excluding tert-OH is 1. The quantitative estimate of drug-likeness (QED) is 0.626. The SMILES string of the molecule is CC(=O)C(C(C)=O)C1=C(Cl)C(O)C(=O)c2c(C(=O)c3ccccc3)coc21. The predicted molar refractivity (Wildman–Crippen MR) is 96.5 cm³/mol. The minimum Gasteiger partial charge on any atom is -0.463 e. The fraction of sp³-hybridized carbons (Fsp3) is 0.200. The molecule has 0 saturated carbocycles. The Kier molecular flexibility index (Phi) is 4.95. The predicted octanol–water partition coefficient (Wildman–Crippen LogP) is 2.81. The standard InChI is InChI=1S/C20H15ClO6/c1-9(22)13(10(2)23)15-16(21)19(26)18(25)14-12(8-27-20(14)15)17(24)11-6-4-3-5-7-11/h3-8,13,19,26H,1-2H3. The van der Waals surface area contributed by atoms with Crippen LogP contribution >= 0.6 is 11.6 Å². The molecule has 1 aliphatic carbocycles. The van der Waals surface area contributed by atoms with Gasteiger partial charge in [-0.3, -0.25) is 19.2 Å². The second kappa shape index (κ2) is 7.06. The van der Waals surface area contributed by atoms with Gasteiger partial charge in [0.05, 0.1) is 16.2 Å². The van der Waals surface area contributed by atoms with Crippen LogP contribution in [0.1, 0.15) is 45.9 Å². The maximum atomic E-state index is 12.8. The van der Waals surface area contributed by atoms with Crippen molar-refractivity contribution < 1.29 is 28.7 Å². The van der Waals surface area contributed by atoms with E-state index in [0.29, 0.717) is 5.56 Å². The van der Waals surface area contributed by atoms with Crippen LogP contribution < -0.4 is 0 Å². The molecule has 1 heterocycles. The molecule has 138 valence electrons. The third-order valence-corrected chi connectivity index (χ3v) is 4.82. The topological polar surface area (TPSA) is 102 Å². The Morgan fingerprint density at radius 1 is 1.11 bits per heavy atom. The molecule has 1 unspecified atom stereocenters. The molecule has 3 rings (SSSR count). The number of fused-ring (bicyclic) bond motifs is 1. The first-order valence-electron chi connectivity index (χ1n) is 8.10. The van der Waals surface area contributed by atoms with Gasteiger partial charge in [0.1, 0.15) is 29.5 Å². The van der Waals surface area contributed by atoms with E-state index in [9.17, 15) is 24.3 Å². The normalized spacial score (nSPS) is 16.5. The number of carbonyl (C=O) groups excluding carboxylic acids is 4. The van der Waals surface area contributed by atoms with Crippen molar-refractivity contribution in [1.29, 1.82) is 0 Å². The molecule has 1 atom stereocenters. The Hall–Kier alpha value is -2.83. The van der Waals surface area contributed by atoms with Crippen LogP contribution in [0.15, 0.2) is 46.0 Å². The fourth-order valence-electron chi connectivity index (χ4n) is 3.18. The molecular weight excluding hydrogens is 372 g/mol. The number of aliphatic hydroxyl groups is 1. The molecule has 0 radical (unpaired) electrons. The van der Waals surface area contributed by atoms with Gasteiger partial charge < -0.3 is 9.52 Å². The second-order valence-electron chi connectivity index (χ2n) is 6.23.